The van der Waals surface area contributed by atoms with Crippen molar-refractivity contribution in [2.45, 2.75) is 19.8 Å². The summed E-state index contributed by atoms with van der Waals surface area (Å²) in [6.07, 6.45) is 0. The zero-order chi connectivity index (χ0) is 11.5. The van der Waals surface area contributed by atoms with Crippen LogP contribution in [0.25, 0.3) is 0 Å². The summed E-state index contributed by atoms with van der Waals surface area (Å²) in [5, 5.41) is 4.01. The van der Waals surface area contributed by atoms with Crippen LogP contribution in [0.1, 0.15) is 40.7 Å². The van der Waals surface area contributed by atoms with E-state index >= 15 is 0 Å². The number of aromatic nitrogens is 2. The number of carbonyl (C=O) groups is 1. The van der Waals surface area contributed by atoms with E-state index in [9.17, 15) is 4.79 Å². The zero-order valence-corrected chi connectivity index (χ0v) is 9.99. The van der Waals surface area contributed by atoms with E-state index in [1.807, 2.05) is 44.2 Å². The molecule has 0 fully saturated rings. The lowest BCUT2D eigenvalue weighted by Crippen LogP contribution is -2.03. The Labute approximate surface area is 98.3 Å². The highest BCUT2D eigenvalue weighted by molar-refractivity contribution is 7.08. The number of benzene rings is 1. The van der Waals surface area contributed by atoms with Gasteiger partial charge in [0.25, 0.3) is 0 Å². The van der Waals surface area contributed by atoms with Crippen molar-refractivity contribution in [1.29, 1.82) is 0 Å². The van der Waals surface area contributed by atoms with Crippen LogP contribution in [0, 0.1) is 0 Å². The third kappa shape index (κ3) is 2.02. The van der Waals surface area contributed by atoms with E-state index < -0.39 is 0 Å². The predicted octanol–water partition coefficient (Wildman–Crippen LogP) is 2.89. The second-order valence-corrected chi connectivity index (χ2v) is 4.59. The number of nitrogens with zero attached hydrogens (tertiary/aromatic N) is 2. The fraction of sp³-hybridized carbons (Fsp3) is 0.250. The van der Waals surface area contributed by atoms with E-state index in [1.165, 1.54) is 11.5 Å². The summed E-state index contributed by atoms with van der Waals surface area (Å²) in [7, 11) is 0. The van der Waals surface area contributed by atoms with E-state index in [1.54, 1.807) is 0 Å². The van der Waals surface area contributed by atoms with Crippen molar-refractivity contribution < 1.29 is 4.79 Å². The van der Waals surface area contributed by atoms with Crippen molar-refractivity contribution in [2.75, 3.05) is 0 Å². The van der Waals surface area contributed by atoms with Gasteiger partial charge in [-0.05, 0) is 17.5 Å². The first-order valence-electron chi connectivity index (χ1n) is 5.12. The molecule has 4 heteroatoms. The van der Waals surface area contributed by atoms with Gasteiger partial charge in [0.1, 0.15) is 4.88 Å². The highest BCUT2D eigenvalue weighted by Crippen LogP contribution is 2.22. The summed E-state index contributed by atoms with van der Waals surface area (Å²) >= 11 is 1.17. The number of hydrogen-bond acceptors (Lipinski definition) is 4. The first-order valence-corrected chi connectivity index (χ1v) is 5.89. The molecule has 1 aromatic heterocycles. The Bertz CT molecular complexity index is 491. The lowest BCUT2D eigenvalue weighted by atomic mass is 10.0. The lowest BCUT2D eigenvalue weighted by molar-refractivity contribution is 0.104. The number of ketones is 1. The molecule has 0 saturated carbocycles. The van der Waals surface area contributed by atoms with Gasteiger partial charge in [-0.1, -0.05) is 48.7 Å². The average Bonchev–Trinajstić information content (AvgIpc) is 2.78. The molecule has 0 aliphatic rings. The number of carbonyl (C=O) groups excluding carboxylic acids is 1. The Kier molecular flexibility index (Phi) is 3.10. The van der Waals surface area contributed by atoms with Gasteiger partial charge in [-0.25, -0.2) is 0 Å². The molecular weight excluding hydrogens is 220 g/mol. The second-order valence-electron chi connectivity index (χ2n) is 3.84. The lowest BCUT2D eigenvalue weighted by Gasteiger charge is -2.02. The fourth-order valence-corrected chi connectivity index (χ4v) is 2.23. The molecule has 16 heavy (non-hydrogen) atoms. The van der Waals surface area contributed by atoms with Crippen LogP contribution in [0.15, 0.2) is 30.3 Å². The smallest absolute Gasteiger partial charge is 0.206 e. The van der Waals surface area contributed by atoms with Crippen molar-refractivity contribution in [3.63, 3.8) is 0 Å². The Morgan fingerprint density at radius 3 is 2.56 bits per heavy atom. The highest BCUT2D eigenvalue weighted by Gasteiger charge is 2.19. The maximum Gasteiger partial charge on any atom is 0.206 e. The van der Waals surface area contributed by atoms with Crippen LogP contribution < -0.4 is 0 Å². The summed E-state index contributed by atoms with van der Waals surface area (Å²) in [5.74, 6) is 0.237. The van der Waals surface area contributed by atoms with Crippen molar-refractivity contribution in [2.24, 2.45) is 0 Å². The molecule has 0 bridgehead atoms. The van der Waals surface area contributed by atoms with Gasteiger partial charge in [-0.15, -0.1) is 5.10 Å². The molecule has 0 amide bonds. The van der Waals surface area contributed by atoms with Crippen LogP contribution in [-0.2, 0) is 0 Å². The molecule has 0 aliphatic heterocycles. The normalized spacial score (nSPS) is 10.7. The van der Waals surface area contributed by atoms with Crippen molar-refractivity contribution >= 4 is 17.3 Å². The number of hydrogen-bond donors (Lipinski definition) is 0. The minimum Gasteiger partial charge on any atom is -0.288 e. The molecule has 0 aliphatic carbocycles. The van der Waals surface area contributed by atoms with Gasteiger partial charge in [0.15, 0.2) is 0 Å². The fourth-order valence-electron chi connectivity index (χ4n) is 1.45. The largest absolute Gasteiger partial charge is 0.288 e. The first-order chi connectivity index (χ1) is 7.70. The van der Waals surface area contributed by atoms with Gasteiger partial charge in [0.2, 0.25) is 5.78 Å². The maximum absolute atomic E-state index is 12.2. The first kappa shape index (κ1) is 11.0. The van der Waals surface area contributed by atoms with Crippen molar-refractivity contribution in [3.8, 4) is 0 Å². The molecule has 0 spiro atoms. The van der Waals surface area contributed by atoms with Crippen molar-refractivity contribution in [1.82, 2.24) is 9.59 Å². The zero-order valence-electron chi connectivity index (χ0n) is 9.18. The third-order valence-corrected chi connectivity index (χ3v) is 3.04. The van der Waals surface area contributed by atoms with Crippen LogP contribution in [0.3, 0.4) is 0 Å². The molecule has 0 N–H and O–H groups in total. The van der Waals surface area contributed by atoms with E-state index in [2.05, 4.69) is 9.59 Å². The molecule has 2 rings (SSSR count). The van der Waals surface area contributed by atoms with Gasteiger partial charge in [-0.3, -0.25) is 4.79 Å². The van der Waals surface area contributed by atoms with Gasteiger partial charge >= 0.3 is 0 Å². The van der Waals surface area contributed by atoms with Crippen LogP contribution in [0.4, 0.5) is 0 Å². The summed E-state index contributed by atoms with van der Waals surface area (Å²) in [5.41, 5.74) is 1.48. The quantitative estimate of drug-likeness (QED) is 0.764. The molecule has 0 radical (unpaired) electrons. The highest BCUT2D eigenvalue weighted by atomic mass is 32.1. The van der Waals surface area contributed by atoms with Gasteiger partial charge in [0.05, 0.1) is 5.69 Å². The summed E-state index contributed by atoms with van der Waals surface area (Å²) in [6, 6.07) is 9.23. The van der Waals surface area contributed by atoms with E-state index in [0.717, 1.165) is 5.69 Å². The molecule has 1 aromatic carbocycles. The third-order valence-electron chi connectivity index (χ3n) is 2.30. The molecule has 0 unspecified atom stereocenters. The summed E-state index contributed by atoms with van der Waals surface area (Å²) in [4.78, 5) is 12.8. The van der Waals surface area contributed by atoms with Crippen LogP contribution in [-0.4, -0.2) is 15.4 Å². The summed E-state index contributed by atoms with van der Waals surface area (Å²) in [6.45, 7) is 4.02. The molecule has 3 nitrogen and oxygen atoms in total. The van der Waals surface area contributed by atoms with Crippen LogP contribution in [0.5, 0.6) is 0 Å². The molecule has 82 valence electrons. The monoisotopic (exact) mass is 232 g/mol. The topological polar surface area (TPSA) is 42.9 Å². The van der Waals surface area contributed by atoms with Gasteiger partial charge < -0.3 is 0 Å². The standard InChI is InChI=1S/C12H12N2OS/c1-8(2)10-12(16-14-13-10)11(15)9-6-4-3-5-7-9/h3-8H,1-2H3. The Morgan fingerprint density at radius 2 is 1.94 bits per heavy atom. The Balaban J connectivity index is 2.39. The van der Waals surface area contributed by atoms with E-state index in [-0.39, 0.29) is 11.7 Å². The minimum absolute atomic E-state index is 0.0132. The molecule has 0 atom stereocenters. The van der Waals surface area contributed by atoms with Crippen LogP contribution in [0.2, 0.25) is 0 Å². The van der Waals surface area contributed by atoms with Gasteiger partial charge in [0, 0.05) is 5.56 Å². The molecular formula is C12H12N2OS. The average molecular weight is 232 g/mol. The molecule has 0 saturated heterocycles. The predicted molar refractivity (Wildman–Crippen MR) is 63.9 cm³/mol. The Morgan fingerprint density at radius 1 is 1.25 bits per heavy atom. The van der Waals surface area contributed by atoms with E-state index in [4.69, 9.17) is 0 Å². The second kappa shape index (κ2) is 4.53. The SMILES string of the molecule is CC(C)c1nnsc1C(=O)c1ccccc1. The minimum atomic E-state index is 0.0132. The van der Waals surface area contributed by atoms with Crippen molar-refractivity contribution in [3.05, 3.63) is 46.5 Å². The molecule has 2 aromatic rings. The Hall–Kier alpha value is -1.55. The summed E-state index contributed by atoms with van der Waals surface area (Å²) < 4.78 is 3.86. The van der Waals surface area contributed by atoms with Crippen LogP contribution >= 0.6 is 11.5 Å². The van der Waals surface area contributed by atoms with E-state index in [0.29, 0.717) is 10.4 Å². The van der Waals surface area contributed by atoms with Gasteiger partial charge in [-0.2, -0.15) is 0 Å². The maximum atomic E-state index is 12.2. The number of rotatable bonds is 3. The molecule has 1 heterocycles.